The summed E-state index contributed by atoms with van der Waals surface area (Å²) in [6.07, 6.45) is 5.28. The van der Waals surface area contributed by atoms with Crippen molar-refractivity contribution < 1.29 is 10.2 Å². The average Bonchev–Trinajstić information content (AvgIpc) is 2.96. The Kier molecular flexibility index (Phi) is 4.03. The Bertz CT molecular complexity index is 449. The molecular weight excluding hydrogens is 256 g/mol. The highest BCUT2D eigenvalue weighted by molar-refractivity contribution is 5.45. The fourth-order valence-corrected chi connectivity index (χ4v) is 3.04. The molecule has 0 aromatic carbocycles. The van der Waals surface area contributed by atoms with E-state index in [4.69, 9.17) is 0 Å². The third-order valence-corrected chi connectivity index (χ3v) is 4.26. The van der Waals surface area contributed by atoms with Crippen molar-refractivity contribution in [2.24, 2.45) is 0 Å². The topological polar surface area (TPSA) is 72.7 Å². The second-order valence-electron chi connectivity index (χ2n) is 5.61. The van der Waals surface area contributed by atoms with Crippen LogP contribution >= 0.6 is 0 Å². The molecule has 3 heterocycles. The molecule has 2 aliphatic heterocycles. The molecule has 0 saturated carbocycles. The van der Waals surface area contributed by atoms with Crippen molar-refractivity contribution in [2.75, 3.05) is 36.0 Å². The van der Waals surface area contributed by atoms with Crippen LogP contribution in [0.4, 0.5) is 11.8 Å². The number of hydrogen-bond acceptors (Lipinski definition) is 6. The first-order valence-corrected chi connectivity index (χ1v) is 7.41. The van der Waals surface area contributed by atoms with Crippen LogP contribution in [-0.2, 0) is 0 Å². The molecule has 0 amide bonds. The zero-order chi connectivity index (χ0) is 13.9. The minimum absolute atomic E-state index is 0.147. The molecule has 6 nitrogen and oxygen atoms in total. The maximum atomic E-state index is 9.57. The van der Waals surface area contributed by atoms with E-state index in [1.807, 2.05) is 6.07 Å². The molecule has 0 bridgehead atoms. The van der Waals surface area contributed by atoms with Crippen molar-refractivity contribution in [3.05, 3.63) is 12.3 Å². The molecule has 3 rings (SSSR count). The fraction of sp³-hybridized carbons (Fsp3) is 0.714. The SMILES string of the molecule is OCC1CCCN1c1nccc(N2CCC(O)CC2)n1. The third-order valence-electron chi connectivity index (χ3n) is 4.26. The molecule has 20 heavy (non-hydrogen) atoms. The monoisotopic (exact) mass is 278 g/mol. The van der Waals surface area contributed by atoms with Gasteiger partial charge in [-0.05, 0) is 31.7 Å². The lowest BCUT2D eigenvalue weighted by Gasteiger charge is -2.31. The Morgan fingerprint density at radius 1 is 1.20 bits per heavy atom. The van der Waals surface area contributed by atoms with Crippen molar-refractivity contribution in [2.45, 2.75) is 37.8 Å². The van der Waals surface area contributed by atoms with Gasteiger partial charge in [0.1, 0.15) is 5.82 Å². The van der Waals surface area contributed by atoms with E-state index in [1.54, 1.807) is 6.20 Å². The number of aromatic nitrogens is 2. The summed E-state index contributed by atoms with van der Waals surface area (Å²) >= 11 is 0. The molecule has 2 saturated heterocycles. The van der Waals surface area contributed by atoms with Gasteiger partial charge >= 0.3 is 0 Å². The minimum Gasteiger partial charge on any atom is -0.394 e. The van der Waals surface area contributed by atoms with E-state index < -0.39 is 0 Å². The van der Waals surface area contributed by atoms with Gasteiger partial charge in [0, 0.05) is 25.8 Å². The summed E-state index contributed by atoms with van der Waals surface area (Å²) in [4.78, 5) is 13.3. The molecule has 2 aliphatic rings. The standard InChI is InChI=1S/C14H22N4O2/c19-10-11-2-1-7-18(11)14-15-6-3-13(16-14)17-8-4-12(20)5-9-17/h3,6,11-12,19-20H,1-2,4-5,7-10H2. The third kappa shape index (κ3) is 2.71. The zero-order valence-electron chi connectivity index (χ0n) is 11.6. The van der Waals surface area contributed by atoms with Crippen LogP contribution in [0.2, 0.25) is 0 Å². The van der Waals surface area contributed by atoms with Crippen LogP contribution in [0.3, 0.4) is 0 Å². The van der Waals surface area contributed by atoms with Gasteiger partial charge in [-0.2, -0.15) is 4.98 Å². The van der Waals surface area contributed by atoms with Crippen LogP contribution in [0.15, 0.2) is 12.3 Å². The van der Waals surface area contributed by atoms with Crippen molar-refractivity contribution >= 4 is 11.8 Å². The van der Waals surface area contributed by atoms with Gasteiger partial charge in [-0.15, -0.1) is 0 Å². The van der Waals surface area contributed by atoms with Crippen LogP contribution < -0.4 is 9.80 Å². The zero-order valence-corrected chi connectivity index (χ0v) is 11.6. The lowest BCUT2D eigenvalue weighted by molar-refractivity contribution is 0.145. The van der Waals surface area contributed by atoms with Gasteiger partial charge in [-0.25, -0.2) is 4.98 Å². The molecular formula is C14H22N4O2. The minimum atomic E-state index is -0.176. The van der Waals surface area contributed by atoms with Crippen molar-refractivity contribution in [3.63, 3.8) is 0 Å². The summed E-state index contributed by atoms with van der Waals surface area (Å²) in [5, 5.41) is 19.0. The Balaban J connectivity index is 1.76. The summed E-state index contributed by atoms with van der Waals surface area (Å²) in [5.74, 6) is 1.63. The second-order valence-corrected chi connectivity index (χ2v) is 5.61. The highest BCUT2D eigenvalue weighted by atomic mass is 16.3. The van der Waals surface area contributed by atoms with Crippen LogP contribution in [0.25, 0.3) is 0 Å². The van der Waals surface area contributed by atoms with Crippen LogP contribution in [-0.4, -0.2) is 58.6 Å². The van der Waals surface area contributed by atoms with Crippen LogP contribution in [0.1, 0.15) is 25.7 Å². The number of hydrogen-bond donors (Lipinski definition) is 2. The van der Waals surface area contributed by atoms with Crippen molar-refractivity contribution in [3.8, 4) is 0 Å². The first-order valence-electron chi connectivity index (χ1n) is 7.41. The Hall–Kier alpha value is -1.40. The van der Waals surface area contributed by atoms with E-state index in [9.17, 15) is 10.2 Å². The van der Waals surface area contributed by atoms with Gasteiger partial charge in [0.2, 0.25) is 5.95 Å². The van der Waals surface area contributed by atoms with Gasteiger partial charge in [0.05, 0.1) is 18.8 Å². The van der Waals surface area contributed by atoms with E-state index in [2.05, 4.69) is 19.8 Å². The maximum absolute atomic E-state index is 9.57. The lowest BCUT2D eigenvalue weighted by Crippen LogP contribution is -2.37. The van der Waals surface area contributed by atoms with Gasteiger partial charge in [0.15, 0.2) is 0 Å². The van der Waals surface area contributed by atoms with Gasteiger partial charge in [0.25, 0.3) is 0 Å². The lowest BCUT2D eigenvalue weighted by atomic mass is 10.1. The first-order chi connectivity index (χ1) is 9.78. The Morgan fingerprint density at radius 2 is 2.00 bits per heavy atom. The highest BCUT2D eigenvalue weighted by Gasteiger charge is 2.26. The predicted octanol–water partition coefficient (Wildman–Crippen LogP) is 0.399. The number of aliphatic hydroxyl groups excluding tert-OH is 2. The Morgan fingerprint density at radius 3 is 2.75 bits per heavy atom. The second kappa shape index (κ2) is 5.93. The molecule has 0 spiro atoms. The van der Waals surface area contributed by atoms with Gasteiger partial charge in [-0.3, -0.25) is 0 Å². The molecule has 1 unspecified atom stereocenters. The summed E-state index contributed by atoms with van der Waals surface area (Å²) in [5.41, 5.74) is 0. The molecule has 1 aromatic rings. The number of rotatable bonds is 3. The number of anilines is 2. The normalized spacial score (nSPS) is 24.4. The van der Waals surface area contributed by atoms with Gasteiger partial charge in [-0.1, -0.05) is 0 Å². The van der Waals surface area contributed by atoms with E-state index >= 15 is 0 Å². The molecule has 0 aliphatic carbocycles. The number of nitrogens with zero attached hydrogens (tertiary/aromatic N) is 4. The smallest absolute Gasteiger partial charge is 0.227 e. The van der Waals surface area contributed by atoms with E-state index in [0.717, 1.165) is 51.1 Å². The fourth-order valence-electron chi connectivity index (χ4n) is 3.04. The van der Waals surface area contributed by atoms with Crippen molar-refractivity contribution in [1.29, 1.82) is 0 Å². The molecule has 0 radical (unpaired) electrons. The highest BCUT2D eigenvalue weighted by Crippen LogP contribution is 2.24. The van der Waals surface area contributed by atoms with Crippen LogP contribution in [0, 0.1) is 0 Å². The Labute approximate surface area is 119 Å². The molecule has 6 heteroatoms. The van der Waals surface area contributed by atoms with Crippen LogP contribution in [0.5, 0.6) is 0 Å². The predicted molar refractivity (Wildman–Crippen MR) is 76.9 cm³/mol. The maximum Gasteiger partial charge on any atom is 0.227 e. The summed E-state index contributed by atoms with van der Waals surface area (Å²) < 4.78 is 0. The number of aliphatic hydroxyl groups is 2. The molecule has 1 atom stereocenters. The number of piperidine rings is 1. The molecule has 110 valence electrons. The molecule has 1 aromatic heterocycles. The molecule has 2 N–H and O–H groups in total. The van der Waals surface area contributed by atoms with E-state index in [-0.39, 0.29) is 18.8 Å². The van der Waals surface area contributed by atoms with Crippen molar-refractivity contribution in [1.82, 2.24) is 9.97 Å². The summed E-state index contributed by atoms with van der Waals surface area (Å²) in [6, 6.07) is 2.07. The van der Waals surface area contributed by atoms with Gasteiger partial charge < -0.3 is 20.0 Å². The first kappa shape index (κ1) is 13.6. The summed E-state index contributed by atoms with van der Waals surface area (Å²) in [6.45, 7) is 2.74. The van der Waals surface area contributed by atoms with E-state index in [0.29, 0.717) is 5.95 Å². The molecule has 2 fully saturated rings. The summed E-state index contributed by atoms with van der Waals surface area (Å²) in [7, 11) is 0. The largest absolute Gasteiger partial charge is 0.394 e. The average molecular weight is 278 g/mol. The van der Waals surface area contributed by atoms with E-state index in [1.165, 1.54) is 0 Å². The quantitative estimate of drug-likeness (QED) is 0.834.